The van der Waals surface area contributed by atoms with E-state index in [0.29, 0.717) is 29.8 Å². The van der Waals surface area contributed by atoms with Crippen LogP contribution in [0.3, 0.4) is 0 Å². The van der Waals surface area contributed by atoms with E-state index in [4.69, 9.17) is 26.6 Å². The van der Waals surface area contributed by atoms with Gasteiger partial charge in [-0.05, 0) is 26.1 Å². The van der Waals surface area contributed by atoms with Crippen molar-refractivity contribution in [2.75, 3.05) is 51.8 Å². The van der Waals surface area contributed by atoms with E-state index in [1.165, 1.54) is 7.11 Å². The zero-order chi connectivity index (χ0) is 22.0. The molecule has 1 saturated heterocycles. The fourth-order valence-corrected chi connectivity index (χ4v) is 3.95. The Morgan fingerprint density at radius 1 is 1.16 bits per heavy atom. The van der Waals surface area contributed by atoms with Gasteiger partial charge in [0.05, 0.1) is 12.1 Å². The van der Waals surface area contributed by atoms with Crippen LogP contribution in [0.2, 0.25) is 5.02 Å². The molecular weight excluding hydrogens is 453 g/mol. The highest BCUT2D eigenvalue weighted by molar-refractivity contribution is 6.33. The topological polar surface area (TPSA) is 88.4 Å². The summed E-state index contributed by atoms with van der Waals surface area (Å²) in [5, 5.41) is 3.33. The molecule has 1 amide bonds. The third-order valence-electron chi connectivity index (χ3n) is 5.40. The fourth-order valence-electron chi connectivity index (χ4n) is 3.73. The molecule has 172 valence electrons. The molecule has 2 aromatic heterocycles. The highest BCUT2D eigenvalue weighted by Gasteiger charge is 2.24. The van der Waals surface area contributed by atoms with Crippen molar-refractivity contribution in [3.8, 4) is 11.4 Å². The van der Waals surface area contributed by atoms with Crippen molar-refractivity contribution in [3.05, 3.63) is 35.1 Å². The Morgan fingerprint density at radius 3 is 2.56 bits per heavy atom. The minimum absolute atomic E-state index is 0. The summed E-state index contributed by atoms with van der Waals surface area (Å²) in [6.07, 6.45) is -0.479. The lowest BCUT2D eigenvalue weighted by atomic mass is 10.2. The molecule has 3 aromatic rings. The Kier molecular flexibility index (Phi) is 7.76. The highest BCUT2D eigenvalue weighted by Crippen LogP contribution is 2.32. The van der Waals surface area contributed by atoms with Crippen LogP contribution in [0.1, 0.15) is 5.82 Å². The number of carbonyl (C=O) groups excluding carboxylic acids is 1. The van der Waals surface area contributed by atoms with E-state index in [1.807, 2.05) is 35.8 Å². The van der Waals surface area contributed by atoms with Gasteiger partial charge >= 0.3 is 6.09 Å². The van der Waals surface area contributed by atoms with Crippen LogP contribution in [-0.2, 0) is 11.3 Å². The van der Waals surface area contributed by atoms with Gasteiger partial charge < -0.3 is 24.4 Å². The molecule has 0 spiro atoms. The number of carbonyl (C=O) groups is 1. The number of piperazine rings is 1. The molecule has 0 bridgehead atoms. The molecule has 0 radical (unpaired) electrons. The summed E-state index contributed by atoms with van der Waals surface area (Å²) in [5.74, 6) is 2.21. The molecule has 1 aromatic carbocycles. The largest absolute Gasteiger partial charge is 0.453 e. The van der Waals surface area contributed by atoms with Gasteiger partial charge in [0.2, 0.25) is 0 Å². The van der Waals surface area contributed by atoms with Gasteiger partial charge in [-0.15, -0.1) is 12.4 Å². The average molecular weight is 480 g/mol. The summed E-state index contributed by atoms with van der Waals surface area (Å²) in [6.45, 7) is 6.39. The number of anilines is 1. The third kappa shape index (κ3) is 4.90. The lowest BCUT2D eigenvalue weighted by Crippen LogP contribution is -2.45. The first kappa shape index (κ1) is 24.0. The molecular formula is C21H27Cl2N7O2. The standard InChI is InChI=1S/C21H26ClN7O2.ClH/c1-14-24-19(28-12-10-27(2)11-13-28)17-20(25-14)29(9-8-23-21(30)31-3)18(26-17)15-6-4-5-7-16(15)22;/h4-7H,8-13H2,1-3H3,(H,23,30);1H. The first-order valence-corrected chi connectivity index (χ1v) is 10.6. The Bertz CT molecular complexity index is 1100. The van der Waals surface area contributed by atoms with E-state index < -0.39 is 6.09 Å². The second-order valence-electron chi connectivity index (χ2n) is 7.54. The summed E-state index contributed by atoms with van der Waals surface area (Å²) in [5.41, 5.74) is 2.27. The van der Waals surface area contributed by atoms with E-state index in [9.17, 15) is 4.79 Å². The molecule has 1 aliphatic heterocycles. The molecule has 11 heteroatoms. The zero-order valence-corrected chi connectivity index (χ0v) is 19.9. The molecule has 1 N–H and O–H groups in total. The van der Waals surface area contributed by atoms with Crippen molar-refractivity contribution < 1.29 is 9.53 Å². The SMILES string of the molecule is COC(=O)NCCn1c(-c2ccccc2Cl)nc2c(N3CCN(C)CC3)nc(C)nc21.Cl. The predicted molar refractivity (Wildman–Crippen MR) is 128 cm³/mol. The molecule has 3 heterocycles. The van der Waals surface area contributed by atoms with Crippen LogP contribution in [-0.4, -0.2) is 77.4 Å². The molecule has 0 atom stereocenters. The number of alkyl carbamates (subject to hydrolysis) is 1. The van der Waals surface area contributed by atoms with E-state index in [2.05, 4.69) is 26.9 Å². The van der Waals surface area contributed by atoms with Gasteiger partial charge in [0.15, 0.2) is 17.0 Å². The minimum atomic E-state index is -0.479. The van der Waals surface area contributed by atoms with Crippen LogP contribution >= 0.6 is 24.0 Å². The number of halogens is 2. The van der Waals surface area contributed by atoms with Crippen LogP contribution < -0.4 is 10.2 Å². The summed E-state index contributed by atoms with van der Waals surface area (Å²) in [7, 11) is 3.47. The summed E-state index contributed by atoms with van der Waals surface area (Å²) in [4.78, 5) is 30.5. The van der Waals surface area contributed by atoms with Gasteiger partial charge in [0, 0.05) is 44.8 Å². The maximum Gasteiger partial charge on any atom is 0.406 e. The Labute approximate surface area is 198 Å². The molecule has 9 nitrogen and oxygen atoms in total. The number of fused-ring (bicyclic) bond motifs is 1. The fraction of sp³-hybridized carbons (Fsp3) is 0.429. The van der Waals surface area contributed by atoms with Crippen molar-refractivity contribution in [1.82, 2.24) is 29.7 Å². The second kappa shape index (κ2) is 10.3. The first-order chi connectivity index (χ1) is 15.0. The molecule has 1 aliphatic rings. The molecule has 0 saturated carbocycles. The maximum atomic E-state index is 11.5. The van der Waals surface area contributed by atoms with Gasteiger partial charge in [0.25, 0.3) is 0 Å². The van der Waals surface area contributed by atoms with Crippen LogP contribution in [0.25, 0.3) is 22.6 Å². The monoisotopic (exact) mass is 479 g/mol. The van der Waals surface area contributed by atoms with Crippen molar-refractivity contribution >= 4 is 47.1 Å². The van der Waals surface area contributed by atoms with Crippen molar-refractivity contribution in [2.45, 2.75) is 13.5 Å². The number of benzene rings is 1. The number of rotatable bonds is 5. The van der Waals surface area contributed by atoms with Crippen LogP contribution in [0.4, 0.5) is 10.6 Å². The van der Waals surface area contributed by atoms with Crippen molar-refractivity contribution in [2.24, 2.45) is 0 Å². The van der Waals surface area contributed by atoms with Gasteiger partial charge in [-0.25, -0.2) is 19.7 Å². The van der Waals surface area contributed by atoms with Crippen LogP contribution in [0.15, 0.2) is 24.3 Å². The number of nitrogens with one attached hydrogen (secondary N) is 1. The molecule has 0 aliphatic carbocycles. The number of ether oxygens (including phenoxy) is 1. The van der Waals surface area contributed by atoms with Gasteiger partial charge in [-0.3, -0.25) is 0 Å². The smallest absolute Gasteiger partial charge is 0.406 e. The van der Waals surface area contributed by atoms with Crippen molar-refractivity contribution in [3.63, 3.8) is 0 Å². The van der Waals surface area contributed by atoms with E-state index in [1.54, 1.807) is 0 Å². The Morgan fingerprint density at radius 2 is 1.88 bits per heavy atom. The summed E-state index contributed by atoms with van der Waals surface area (Å²) >= 11 is 6.51. The van der Waals surface area contributed by atoms with Crippen LogP contribution in [0.5, 0.6) is 0 Å². The molecule has 32 heavy (non-hydrogen) atoms. The normalized spacial score (nSPS) is 14.3. The minimum Gasteiger partial charge on any atom is -0.453 e. The quantitative estimate of drug-likeness (QED) is 0.601. The molecule has 0 unspecified atom stereocenters. The summed E-state index contributed by atoms with van der Waals surface area (Å²) < 4.78 is 6.67. The number of methoxy groups -OCH3 is 1. The maximum absolute atomic E-state index is 11.5. The van der Waals surface area contributed by atoms with E-state index in [-0.39, 0.29) is 12.4 Å². The Balaban J connectivity index is 0.00000289. The third-order valence-corrected chi connectivity index (χ3v) is 5.73. The number of hydrogen-bond donors (Lipinski definition) is 1. The molecule has 1 fully saturated rings. The van der Waals surface area contributed by atoms with E-state index >= 15 is 0 Å². The predicted octanol–water partition coefficient (Wildman–Crippen LogP) is 2.98. The average Bonchev–Trinajstić information content (AvgIpc) is 3.12. The summed E-state index contributed by atoms with van der Waals surface area (Å²) in [6, 6.07) is 7.59. The number of aryl methyl sites for hydroxylation is 1. The van der Waals surface area contributed by atoms with E-state index in [0.717, 1.165) is 48.7 Å². The number of amides is 1. The number of hydrogen-bond acceptors (Lipinski definition) is 7. The van der Waals surface area contributed by atoms with Crippen molar-refractivity contribution in [1.29, 1.82) is 0 Å². The highest BCUT2D eigenvalue weighted by atomic mass is 35.5. The molecule has 4 rings (SSSR count). The lowest BCUT2D eigenvalue weighted by Gasteiger charge is -2.33. The lowest BCUT2D eigenvalue weighted by molar-refractivity contribution is 0.170. The number of likely N-dealkylation sites (N-methyl/N-ethyl adjacent to an activating group) is 1. The van der Waals surface area contributed by atoms with Crippen LogP contribution in [0, 0.1) is 6.92 Å². The zero-order valence-electron chi connectivity index (χ0n) is 18.3. The van der Waals surface area contributed by atoms with Gasteiger partial charge in [-0.2, -0.15) is 0 Å². The number of imidazole rings is 1. The number of nitrogens with zero attached hydrogens (tertiary/aromatic N) is 6. The first-order valence-electron chi connectivity index (χ1n) is 10.2. The van der Waals surface area contributed by atoms with Gasteiger partial charge in [-0.1, -0.05) is 23.7 Å². The number of aromatic nitrogens is 4. The second-order valence-corrected chi connectivity index (χ2v) is 7.95. The Hall–Kier alpha value is -2.62. The van der Waals surface area contributed by atoms with Gasteiger partial charge in [0.1, 0.15) is 11.6 Å².